The Kier molecular flexibility index (Phi) is 25.5. The maximum Gasteiger partial charge on any atom is 0.429 e. The maximum atomic E-state index is 15.1. The number of urea groups is 8. The van der Waals surface area contributed by atoms with Gasteiger partial charge in [-0.3, -0.25) is 38.4 Å². The first kappa shape index (κ1) is 86.5. The molecule has 8 atom stereocenters. The van der Waals surface area contributed by atoms with Crippen molar-refractivity contribution in [3.05, 3.63) is 35.9 Å². The summed E-state index contributed by atoms with van der Waals surface area (Å²) in [6, 6.07) is -2.95. The van der Waals surface area contributed by atoms with E-state index in [-0.39, 0.29) is 208 Å². The Hall–Kier alpha value is -11.6. The lowest BCUT2D eigenvalue weighted by molar-refractivity contribution is -0.149. The number of hydrogen-bond acceptors (Lipinski definition) is 19. The molecule has 0 unspecified atom stereocenters. The lowest BCUT2D eigenvalue weighted by atomic mass is 10.2. The highest BCUT2D eigenvalue weighted by molar-refractivity contribution is 5.98. The van der Waals surface area contributed by atoms with Gasteiger partial charge in [0.15, 0.2) is 0 Å². The van der Waals surface area contributed by atoms with Gasteiger partial charge in [0, 0.05) is 164 Å². The van der Waals surface area contributed by atoms with Crippen molar-refractivity contribution in [1.29, 1.82) is 0 Å². The largest absolute Gasteiger partial charge is 0.443 e. The minimum atomic E-state index is -1.03. The Morgan fingerprint density at radius 2 is 0.437 bits per heavy atom. The van der Waals surface area contributed by atoms with Crippen molar-refractivity contribution in [3.63, 3.8) is 0 Å². The van der Waals surface area contributed by atoms with Crippen molar-refractivity contribution in [3.8, 4) is 0 Å². The van der Waals surface area contributed by atoms with E-state index in [1.165, 1.54) is 119 Å². The molecule has 16 heterocycles. The van der Waals surface area contributed by atoms with Crippen LogP contribution in [0.5, 0.6) is 0 Å². The fraction of sp³-hybridized carbons (Fsp3) is 0.720. The third-order valence-electron chi connectivity index (χ3n) is 27.9. The van der Waals surface area contributed by atoms with E-state index in [9.17, 15) is 62.6 Å². The molecule has 44 heteroatoms. The Balaban J connectivity index is 0.488. The number of aliphatic hydroxyl groups is 1. The molecule has 0 saturated carbocycles. The lowest BCUT2D eigenvalue weighted by Crippen LogP contribution is -2.62. The highest BCUT2D eigenvalue weighted by atomic mass is 16.6. The molecule has 1 aromatic carbocycles. The normalized spacial score (nSPS) is 26.5. The molecule has 2 N–H and O–H groups in total. The van der Waals surface area contributed by atoms with Crippen LogP contribution in [0.15, 0.2) is 30.3 Å². The first-order chi connectivity index (χ1) is 61.1. The fourth-order valence-electron chi connectivity index (χ4n) is 21.8. The summed E-state index contributed by atoms with van der Waals surface area (Å²) in [6.07, 6.45) is 9.10. The van der Waals surface area contributed by atoms with Gasteiger partial charge in [-0.1, -0.05) is 30.3 Å². The molecular formula is C82H117N25O19. The van der Waals surface area contributed by atoms with Crippen molar-refractivity contribution < 1.29 is 91.4 Å². The molecule has 16 saturated heterocycles. The van der Waals surface area contributed by atoms with Crippen LogP contribution >= 0.6 is 0 Å². The monoisotopic (exact) mass is 1760 g/mol. The molecule has 684 valence electrons. The van der Waals surface area contributed by atoms with Gasteiger partial charge in [0.1, 0.15) is 54.9 Å². The quantitative estimate of drug-likeness (QED) is 0.297. The van der Waals surface area contributed by atoms with E-state index in [1.54, 1.807) is 0 Å². The van der Waals surface area contributed by atoms with E-state index in [4.69, 9.17) is 4.74 Å². The number of nitrogens with one attached hydrogen (secondary N) is 1. The number of aliphatic hydroxyl groups excluding tert-OH is 1. The molecule has 25 amide bonds. The molecule has 0 aromatic heterocycles. The number of carbonyl (C=O) groups excluding carboxylic acids is 17. The molecule has 16 fully saturated rings. The third-order valence-corrected chi connectivity index (χ3v) is 27.9. The first-order valence-corrected chi connectivity index (χ1v) is 45.8. The zero-order chi connectivity index (χ0) is 87.9. The minimum Gasteiger partial charge on any atom is -0.443 e. The Morgan fingerprint density at radius 1 is 0.246 bits per heavy atom. The van der Waals surface area contributed by atoms with Crippen LogP contribution in [0.3, 0.4) is 0 Å². The van der Waals surface area contributed by atoms with Gasteiger partial charge >= 0.3 is 54.3 Å². The molecule has 16 aliphatic rings. The SMILES string of the molecule is O=C(NCCO)[C@@H]1CCCN1C(=O)N1CCCN1C(=O)[C@@H]1CCCN1C(=O)N1CCCN1C(=O)[C@@H]1CCCN1C(=O)N1CCCN1C(=O)[C@@H]1CCCN1C(=O)N1CCCN1C(=O)[C@@H]1CCCN1C(=O)N1CCCN1C(=O)[C@@H]1CCCN1C(=O)N1CCCN1C(=O)[C@@H]1CCCN1C(=O)N1CCCN1C(=O)[C@@H]1CCCN1C(=O)N1CCCN1C(=O)OCc1ccccc1. The van der Waals surface area contributed by atoms with E-state index in [2.05, 4.69) is 5.32 Å². The summed E-state index contributed by atoms with van der Waals surface area (Å²) in [7, 11) is 0. The summed E-state index contributed by atoms with van der Waals surface area (Å²) in [5.41, 5.74) is 0.786. The topological polar surface area (TPSA) is 409 Å². The van der Waals surface area contributed by atoms with Gasteiger partial charge in [0.2, 0.25) is 5.91 Å². The van der Waals surface area contributed by atoms with Crippen LogP contribution in [0, 0.1) is 0 Å². The predicted octanol–water partition coefficient (Wildman–Crippen LogP) is 1.17. The van der Waals surface area contributed by atoms with E-state index >= 15 is 24.0 Å². The standard InChI is InChI=1S/C82H117N25O19/c108-55-30-83-66(109)58-22-4-31-84(58)74(117)99-46-12-39-92(99)67(110)59-23-5-32-85(59)75(118)100-47-13-40-93(100)68(111)60-24-6-33-86(60)76(119)101-48-14-41-94(101)69(112)61-25-7-34-87(61)77(120)102-49-15-42-95(102)70(113)62-26-8-35-88(62)78(121)103-50-16-43-96(103)71(114)63-27-9-36-89(63)79(122)104-51-17-44-97(104)72(115)64-28-10-37-90(64)80(123)105-52-18-45-98(105)73(116)65-29-11-38-91(65)81(124)106-53-19-54-107(106)82(125)126-56-57-20-2-1-3-21-57/h1-3,20-21,58-65,108H,4-19,22-56H2,(H,83,109)/t58-,59-,60-,61-,62-,63-,64-,65-/m0/s1. The van der Waals surface area contributed by atoms with Gasteiger partial charge in [-0.25, -0.2) is 123 Å². The highest BCUT2D eigenvalue weighted by Gasteiger charge is 2.56. The van der Waals surface area contributed by atoms with Gasteiger partial charge in [0.25, 0.3) is 41.4 Å². The zero-order valence-electron chi connectivity index (χ0n) is 71.6. The third kappa shape index (κ3) is 16.2. The van der Waals surface area contributed by atoms with Crippen molar-refractivity contribution in [2.45, 2.75) is 209 Å². The Labute approximate surface area is 729 Å². The Morgan fingerprint density at radius 3 is 0.659 bits per heavy atom. The van der Waals surface area contributed by atoms with Crippen LogP contribution in [0.25, 0.3) is 0 Å². The number of hydrazine groups is 8. The molecule has 44 nitrogen and oxygen atoms in total. The summed E-state index contributed by atoms with van der Waals surface area (Å²) in [6.45, 7) is 4.32. The number of amides is 25. The van der Waals surface area contributed by atoms with Crippen molar-refractivity contribution in [2.75, 3.05) is 170 Å². The second-order valence-corrected chi connectivity index (χ2v) is 35.3. The molecule has 126 heavy (non-hydrogen) atoms. The summed E-state index contributed by atoms with van der Waals surface area (Å²) >= 11 is 0. The number of likely N-dealkylation sites (tertiary alicyclic amines) is 8. The zero-order valence-corrected chi connectivity index (χ0v) is 71.6. The lowest BCUT2D eigenvalue weighted by Gasteiger charge is -2.40. The molecule has 0 spiro atoms. The summed E-state index contributed by atoms with van der Waals surface area (Å²) < 4.78 is 5.57. The average molecular weight is 1760 g/mol. The van der Waals surface area contributed by atoms with Gasteiger partial charge in [-0.2, -0.15) is 0 Å². The minimum absolute atomic E-state index is 0.0168. The van der Waals surface area contributed by atoms with E-state index in [0.29, 0.717) is 129 Å². The number of benzene rings is 1. The average Bonchev–Trinajstić information content (AvgIpc) is 1.63. The number of hydrogen-bond donors (Lipinski definition) is 2. The van der Waals surface area contributed by atoms with E-state index in [1.807, 2.05) is 30.3 Å². The highest BCUT2D eigenvalue weighted by Crippen LogP contribution is 2.37. The van der Waals surface area contributed by atoms with Gasteiger partial charge in [-0.05, 0) is 160 Å². The molecular weight excluding hydrogens is 1640 g/mol. The molecule has 1 aromatic rings. The number of rotatable bonds is 12. The smallest absolute Gasteiger partial charge is 0.429 e. The van der Waals surface area contributed by atoms with Crippen LogP contribution in [-0.2, 0) is 49.7 Å². The van der Waals surface area contributed by atoms with Crippen LogP contribution < -0.4 is 5.32 Å². The number of nitrogens with zero attached hydrogens (tertiary/aromatic N) is 24. The van der Waals surface area contributed by atoms with Gasteiger partial charge < -0.3 is 54.4 Å². The fourth-order valence-corrected chi connectivity index (χ4v) is 21.8. The summed E-state index contributed by atoms with van der Waals surface area (Å²) in [5.74, 6) is -3.75. The van der Waals surface area contributed by atoms with Gasteiger partial charge in [-0.15, -0.1) is 0 Å². The second-order valence-electron chi connectivity index (χ2n) is 35.3. The van der Waals surface area contributed by atoms with Crippen LogP contribution in [0.1, 0.15) is 160 Å². The van der Waals surface area contributed by atoms with E-state index in [0.717, 1.165) is 5.56 Å². The van der Waals surface area contributed by atoms with E-state index < -0.39 is 144 Å². The summed E-state index contributed by atoms with van der Waals surface area (Å²) in [5, 5.41) is 33.4. The first-order valence-electron chi connectivity index (χ1n) is 45.8. The molecule has 0 bridgehead atoms. The van der Waals surface area contributed by atoms with Crippen LogP contribution in [-0.4, -0.2) is 445 Å². The van der Waals surface area contributed by atoms with Crippen molar-refractivity contribution >= 4 is 102 Å². The predicted molar refractivity (Wildman–Crippen MR) is 437 cm³/mol. The number of ether oxygens (including phenoxy) is 1. The maximum absolute atomic E-state index is 15.1. The Bertz CT molecular complexity index is 4340. The second kappa shape index (κ2) is 37.1. The van der Waals surface area contributed by atoms with Crippen molar-refractivity contribution in [2.24, 2.45) is 0 Å². The van der Waals surface area contributed by atoms with Gasteiger partial charge in [0.05, 0.1) is 6.61 Å². The molecule has 16 aliphatic heterocycles. The molecule has 17 rings (SSSR count). The molecule has 0 radical (unpaired) electrons. The number of carbonyl (C=O) groups is 17. The van der Waals surface area contributed by atoms with Crippen LogP contribution in [0.4, 0.5) is 43.2 Å². The van der Waals surface area contributed by atoms with Crippen molar-refractivity contribution in [1.82, 2.24) is 125 Å². The molecule has 0 aliphatic carbocycles. The summed E-state index contributed by atoms with van der Waals surface area (Å²) in [4.78, 5) is 260. The van der Waals surface area contributed by atoms with Crippen LogP contribution in [0.2, 0.25) is 0 Å².